The molecule has 0 N–H and O–H groups in total. The molecule has 0 spiro atoms. The summed E-state index contributed by atoms with van der Waals surface area (Å²) in [6.45, 7) is 0. The summed E-state index contributed by atoms with van der Waals surface area (Å²) in [7, 11) is 0. The number of rotatable bonds is 2. The van der Waals surface area contributed by atoms with Crippen LogP contribution in [0.5, 0.6) is 0 Å². The molecule has 1 aliphatic rings. The Morgan fingerprint density at radius 3 is 2.43 bits per heavy atom. The highest BCUT2D eigenvalue weighted by Crippen LogP contribution is 2.33. The molecule has 1 fully saturated rings. The molecule has 0 radical (unpaired) electrons. The van der Waals surface area contributed by atoms with Crippen molar-refractivity contribution in [1.82, 2.24) is 0 Å². The normalized spacial score (nSPS) is 21.6. The van der Waals surface area contributed by atoms with Crippen LogP contribution in [-0.4, -0.2) is 5.23 Å². The van der Waals surface area contributed by atoms with Crippen LogP contribution in [0.3, 0.4) is 0 Å². The van der Waals surface area contributed by atoms with Gasteiger partial charge in [-0.25, -0.2) is 0 Å². The molecule has 2 rings (SSSR count). The van der Waals surface area contributed by atoms with E-state index in [1.54, 1.807) is 11.8 Å². The Balaban J connectivity index is 2.03. The van der Waals surface area contributed by atoms with Crippen molar-refractivity contribution in [2.45, 2.75) is 42.2 Å². The molecule has 0 atom stereocenters. The summed E-state index contributed by atoms with van der Waals surface area (Å²) in [5.74, 6) is 0. The highest BCUT2D eigenvalue weighted by molar-refractivity contribution is 8.00. The Labute approximate surface area is 96.4 Å². The van der Waals surface area contributed by atoms with Crippen molar-refractivity contribution in [1.29, 1.82) is 0 Å². The SMILES string of the molecule is [2H]C1(Sc2ccc(Cl)cc2)CCCCC1. The second-order valence-electron chi connectivity index (χ2n) is 3.66. The first-order valence-corrected chi connectivity index (χ1v) is 6.32. The van der Waals surface area contributed by atoms with Crippen molar-refractivity contribution in [2.24, 2.45) is 0 Å². The number of hydrogen-bond donors (Lipinski definition) is 0. The Bertz CT molecular complexity index is 317. The van der Waals surface area contributed by atoms with Crippen molar-refractivity contribution < 1.29 is 1.37 Å². The van der Waals surface area contributed by atoms with Crippen LogP contribution in [0.4, 0.5) is 0 Å². The standard InChI is InChI=1S/C12H15ClS/c13-10-6-8-12(9-7-10)14-11-4-2-1-3-5-11/h6-9,11H,1-5H2/i11D. The van der Waals surface area contributed by atoms with Gasteiger partial charge in [-0.3, -0.25) is 0 Å². The van der Waals surface area contributed by atoms with E-state index in [1.165, 1.54) is 19.3 Å². The monoisotopic (exact) mass is 227 g/mol. The lowest BCUT2D eigenvalue weighted by molar-refractivity contribution is 0.516. The third kappa shape index (κ3) is 2.93. The number of thioether (sulfide) groups is 1. The van der Waals surface area contributed by atoms with Crippen molar-refractivity contribution in [3.63, 3.8) is 0 Å². The molecule has 1 aliphatic carbocycles. The Kier molecular flexibility index (Phi) is 3.31. The third-order valence-electron chi connectivity index (χ3n) is 2.49. The van der Waals surface area contributed by atoms with Gasteiger partial charge in [-0.05, 0) is 37.1 Å². The maximum Gasteiger partial charge on any atom is 0.0420 e. The summed E-state index contributed by atoms with van der Waals surface area (Å²) in [5, 5.41) is 0.466. The zero-order chi connectivity index (χ0) is 10.7. The Morgan fingerprint density at radius 2 is 1.79 bits per heavy atom. The lowest BCUT2D eigenvalue weighted by Crippen LogP contribution is -2.07. The van der Waals surface area contributed by atoms with Gasteiger partial charge in [0, 0.05) is 16.5 Å². The van der Waals surface area contributed by atoms with Crippen LogP contribution >= 0.6 is 23.4 Å². The average molecular weight is 228 g/mol. The smallest absolute Gasteiger partial charge is 0.0420 e. The summed E-state index contributed by atoms with van der Waals surface area (Å²) >= 11 is 7.52. The van der Waals surface area contributed by atoms with Crippen LogP contribution in [0.1, 0.15) is 33.5 Å². The molecule has 2 heteroatoms. The molecule has 0 aromatic heterocycles. The molecular formula is C12H15ClS. The van der Waals surface area contributed by atoms with Gasteiger partial charge < -0.3 is 0 Å². The van der Waals surface area contributed by atoms with Gasteiger partial charge in [0.1, 0.15) is 0 Å². The molecule has 1 aromatic rings. The average Bonchev–Trinajstić information content (AvgIpc) is 2.22. The van der Waals surface area contributed by atoms with Gasteiger partial charge in [0.15, 0.2) is 0 Å². The highest BCUT2D eigenvalue weighted by Gasteiger charge is 2.14. The summed E-state index contributed by atoms with van der Waals surface area (Å²) in [4.78, 5) is 1.16. The third-order valence-corrected chi connectivity index (χ3v) is 3.94. The first-order chi connectivity index (χ1) is 7.18. The molecule has 0 amide bonds. The van der Waals surface area contributed by atoms with E-state index >= 15 is 0 Å². The van der Waals surface area contributed by atoms with Crippen LogP contribution in [-0.2, 0) is 0 Å². The summed E-state index contributed by atoms with van der Waals surface area (Å²) in [5.41, 5.74) is 0. The minimum absolute atomic E-state index is 0.300. The lowest BCUT2D eigenvalue weighted by Gasteiger charge is -2.20. The van der Waals surface area contributed by atoms with E-state index in [9.17, 15) is 0 Å². The maximum absolute atomic E-state index is 8.34. The minimum atomic E-state index is -0.300. The highest BCUT2D eigenvalue weighted by atomic mass is 35.5. The van der Waals surface area contributed by atoms with E-state index in [0.717, 1.165) is 22.8 Å². The van der Waals surface area contributed by atoms with Crippen LogP contribution in [0.15, 0.2) is 29.2 Å². The summed E-state index contributed by atoms with van der Waals surface area (Å²) in [6, 6.07) is 7.82. The number of halogens is 1. The van der Waals surface area contributed by atoms with Crippen molar-refractivity contribution in [3.05, 3.63) is 29.3 Å². The van der Waals surface area contributed by atoms with Crippen LogP contribution < -0.4 is 0 Å². The van der Waals surface area contributed by atoms with E-state index in [1.807, 2.05) is 24.3 Å². The molecule has 0 bridgehead atoms. The van der Waals surface area contributed by atoms with Crippen molar-refractivity contribution >= 4 is 23.4 Å². The Morgan fingerprint density at radius 1 is 1.14 bits per heavy atom. The second-order valence-corrected chi connectivity index (χ2v) is 5.34. The van der Waals surface area contributed by atoms with Crippen LogP contribution in [0.2, 0.25) is 5.02 Å². The predicted octanol–water partition coefficient (Wildman–Crippen LogP) is 4.76. The van der Waals surface area contributed by atoms with Crippen molar-refractivity contribution in [3.8, 4) is 0 Å². The van der Waals surface area contributed by atoms with Gasteiger partial charge in [-0.2, -0.15) is 0 Å². The first-order valence-electron chi connectivity index (χ1n) is 5.63. The zero-order valence-electron chi connectivity index (χ0n) is 9.13. The minimum Gasteiger partial charge on any atom is -0.123 e. The summed E-state index contributed by atoms with van der Waals surface area (Å²) in [6.07, 6.45) is 5.72. The van der Waals surface area contributed by atoms with Gasteiger partial charge in [0.25, 0.3) is 0 Å². The van der Waals surface area contributed by atoms with Crippen LogP contribution in [0, 0.1) is 0 Å². The van der Waals surface area contributed by atoms with Crippen molar-refractivity contribution in [2.75, 3.05) is 0 Å². The molecule has 0 aliphatic heterocycles. The second kappa shape index (κ2) is 5.09. The number of hydrogen-bond acceptors (Lipinski definition) is 1. The van der Waals surface area contributed by atoms with E-state index in [4.69, 9.17) is 13.0 Å². The van der Waals surface area contributed by atoms with E-state index in [2.05, 4.69) is 0 Å². The largest absolute Gasteiger partial charge is 0.123 e. The Hall–Kier alpha value is -0.140. The molecule has 1 saturated carbocycles. The molecule has 14 heavy (non-hydrogen) atoms. The fourth-order valence-corrected chi connectivity index (χ4v) is 2.94. The van der Waals surface area contributed by atoms with E-state index < -0.39 is 0 Å². The topological polar surface area (TPSA) is 0 Å². The molecule has 0 saturated heterocycles. The molecule has 0 heterocycles. The fourth-order valence-electron chi connectivity index (χ4n) is 1.72. The molecule has 76 valence electrons. The number of benzene rings is 1. The molecule has 0 unspecified atom stereocenters. The molecule has 0 nitrogen and oxygen atoms in total. The first kappa shape index (κ1) is 9.11. The van der Waals surface area contributed by atoms with Crippen LogP contribution in [0.25, 0.3) is 0 Å². The van der Waals surface area contributed by atoms with Gasteiger partial charge in [-0.1, -0.05) is 30.9 Å². The summed E-state index contributed by atoms with van der Waals surface area (Å²) < 4.78 is 8.34. The zero-order valence-corrected chi connectivity index (χ0v) is 9.70. The quantitative estimate of drug-likeness (QED) is 0.702. The predicted molar refractivity (Wildman–Crippen MR) is 64.2 cm³/mol. The fraction of sp³-hybridized carbons (Fsp3) is 0.500. The van der Waals surface area contributed by atoms with E-state index in [-0.39, 0.29) is 5.23 Å². The van der Waals surface area contributed by atoms with Gasteiger partial charge in [-0.15, -0.1) is 11.8 Å². The van der Waals surface area contributed by atoms with Gasteiger partial charge >= 0.3 is 0 Å². The maximum atomic E-state index is 8.34. The van der Waals surface area contributed by atoms with E-state index in [0.29, 0.717) is 0 Å². The molecular weight excluding hydrogens is 212 g/mol. The lowest BCUT2D eigenvalue weighted by atomic mass is 10.0. The van der Waals surface area contributed by atoms with Gasteiger partial charge in [0.2, 0.25) is 0 Å². The molecule has 1 aromatic carbocycles. The van der Waals surface area contributed by atoms with Gasteiger partial charge in [0.05, 0.1) is 0 Å².